The summed E-state index contributed by atoms with van der Waals surface area (Å²) in [5, 5.41) is 22.6. The lowest BCUT2D eigenvalue weighted by Gasteiger charge is -2.21. The van der Waals surface area contributed by atoms with Gasteiger partial charge in [-0.3, -0.25) is 14.5 Å². The van der Waals surface area contributed by atoms with Gasteiger partial charge in [0.1, 0.15) is 25.0 Å². The summed E-state index contributed by atoms with van der Waals surface area (Å²) < 4.78 is 11.8. The minimum absolute atomic E-state index is 0.0189. The first-order valence-corrected chi connectivity index (χ1v) is 14.5. The molecule has 1 amide bonds. The van der Waals surface area contributed by atoms with E-state index in [-0.39, 0.29) is 16.5 Å². The molecule has 0 bridgehead atoms. The molecule has 8 nitrogen and oxygen atoms in total. The molecule has 4 heterocycles. The van der Waals surface area contributed by atoms with Gasteiger partial charge in [0.15, 0.2) is 15.8 Å². The Kier molecular flexibility index (Phi) is 6.83. The Morgan fingerprint density at radius 1 is 1.08 bits per heavy atom. The van der Waals surface area contributed by atoms with Crippen molar-refractivity contribution in [1.29, 1.82) is 0 Å². The van der Waals surface area contributed by atoms with Crippen molar-refractivity contribution in [2.24, 2.45) is 0 Å². The van der Waals surface area contributed by atoms with Crippen molar-refractivity contribution in [3.8, 4) is 11.5 Å². The second-order valence-corrected chi connectivity index (χ2v) is 11.8. The van der Waals surface area contributed by atoms with Crippen LogP contribution in [-0.4, -0.2) is 40.2 Å². The van der Waals surface area contributed by atoms with Gasteiger partial charge in [-0.1, -0.05) is 59.0 Å². The maximum atomic E-state index is 13.3. The molecule has 2 aromatic carbocycles. The van der Waals surface area contributed by atoms with Crippen molar-refractivity contribution in [2.75, 3.05) is 18.1 Å². The van der Waals surface area contributed by atoms with Crippen LogP contribution in [0.5, 0.6) is 11.5 Å². The summed E-state index contributed by atoms with van der Waals surface area (Å²) in [6.45, 7) is 0.813. The van der Waals surface area contributed by atoms with E-state index in [1.807, 2.05) is 41.8 Å². The number of anilines is 1. The van der Waals surface area contributed by atoms with Gasteiger partial charge in [-0.2, -0.15) is 0 Å². The number of rotatable bonds is 6. The number of ether oxygens (including phenoxy) is 2. The molecule has 192 valence electrons. The summed E-state index contributed by atoms with van der Waals surface area (Å²) in [4.78, 5) is 28.7. The van der Waals surface area contributed by atoms with Crippen molar-refractivity contribution < 1.29 is 24.2 Å². The monoisotopic (exact) mass is 583 g/mol. The third-order valence-corrected chi connectivity index (χ3v) is 9.38. The lowest BCUT2D eigenvalue weighted by atomic mass is 9.99. The van der Waals surface area contributed by atoms with E-state index in [2.05, 4.69) is 10.2 Å². The highest BCUT2D eigenvalue weighted by Crippen LogP contribution is 2.46. The van der Waals surface area contributed by atoms with Gasteiger partial charge in [0, 0.05) is 21.2 Å². The first-order valence-electron chi connectivity index (χ1n) is 11.5. The molecule has 1 saturated heterocycles. The highest BCUT2D eigenvalue weighted by molar-refractivity contribution is 8.00. The molecule has 4 aromatic rings. The Bertz CT molecular complexity index is 1570. The Morgan fingerprint density at radius 2 is 1.89 bits per heavy atom. The van der Waals surface area contributed by atoms with Crippen LogP contribution >= 0.6 is 46.0 Å². The van der Waals surface area contributed by atoms with E-state index in [1.54, 1.807) is 18.2 Å². The smallest absolute Gasteiger partial charge is 0.301 e. The zero-order valence-corrected chi connectivity index (χ0v) is 22.7. The molecule has 1 unspecified atom stereocenters. The van der Waals surface area contributed by atoms with Crippen LogP contribution in [0.2, 0.25) is 5.02 Å². The first kappa shape index (κ1) is 24.9. The van der Waals surface area contributed by atoms with Gasteiger partial charge in [0.05, 0.1) is 5.57 Å². The van der Waals surface area contributed by atoms with Crippen molar-refractivity contribution in [1.82, 2.24) is 10.2 Å². The molecule has 0 saturated carbocycles. The number of thiophene rings is 1. The standard InChI is InChI=1S/C26H18ClN3O5S3/c27-16-5-2-1-4-15(16)13-37-26-29-28-25(38-26)30-21(19-6-3-11-36-19)20(23(32)24(30)33)22(31)14-7-8-17-18(12-14)35-10-9-34-17/h1-8,11-12,21,31H,9-10,13H2/b22-20+. The Morgan fingerprint density at radius 3 is 2.68 bits per heavy atom. The predicted molar refractivity (Wildman–Crippen MR) is 147 cm³/mol. The molecule has 0 spiro atoms. The van der Waals surface area contributed by atoms with Crippen molar-refractivity contribution in [2.45, 2.75) is 16.1 Å². The summed E-state index contributed by atoms with van der Waals surface area (Å²) in [5.74, 6) is -0.271. The average molecular weight is 584 g/mol. The Labute approximate surface area is 234 Å². The van der Waals surface area contributed by atoms with E-state index in [0.717, 1.165) is 5.56 Å². The fourth-order valence-electron chi connectivity index (χ4n) is 4.21. The zero-order chi connectivity index (χ0) is 26.2. The number of aliphatic hydroxyl groups excluding tert-OH is 1. The summed E-state index contributed by atoms with van der Waals surface area (Å²) >= 11 is 10.3. The number of benzene rings is 2. The van der Waals surface area contributed by atoms with Crippen molar-refractivity contribution in [3.63, 3.8) is 0 Å². The van der Waals surface area contributed by atoms with Crippen LogP contribution in [-0.2, 0) is 15.3 Å². The number of carbonyl (C=O) groups is 2. The van der Waals surface area contributed by atoms with Gasteiger partial charge in [-0.05, 0) is 41.3 Å². The molecule has 2 aliphatic heterocycles. The van der Waals surface area contributed by atoms with E-state index in [1.165, 1.54) is 39.3 Å². The van der Waals surface area contributed by atoms with E-state index < -0.39 is 17.7 Å². The minimum Gasteiger partial charge on any atom is -0.507 e. The molecular weight excluding hydrogens is 566 g/mol. The van der Waals surface area contributed by atoms with E-state index in [0.29, 0.717) is 50.3 Å². The van der Waals surface area contributed by atoms with Crippen LogP contribution in [0.4, 0.5) is 5.13 Å². The van der Waals surface area contributed by atoms with Crippen LogP contribution in [0, 0.1) is 0 Å². The normalized spacial score (nSPS) is 18.2. The lowest BCUT2D eigenvalue weighted by Crippen LogP contribution is -2.29. The van der Waals surface area contributed by atoms with Gasteiger partial charge in [-0.15, -0.1) is 21.5 Å². The first-order chi connectivity index (χ1) is 18.5. The number of aromatic nitrogens is 2. The summed E-state index contributed by atoms with van der Waals surface area (Å²) in [5.41, 5.74) is 1.28. The van der Waals surface area contributed by atoms with Gasteiger partial charge < -0.3 is 14.6 Å². The molecule has 0 radical (unpaired) electrons. The number of fused-ring (bicyclic) bond motifs is 1. The molecule has 0 aliphatic carbocycles. The largest absolute Gasteiger partial charge is 0.507 e. The molecule has 2 aliphatic rings. The fourth-order valence-corrected chi connectivity index (χ4v) is 7.18. The van der Waals surface area contributed by atoms with E-state index >= 15 is 0 Å². The van der Waals surface area contributed by atoms with Gasteiger partial charge >= 0.3 is 5.91 Å². The third-order valence-electron chi connectivity index (χ3n) is 5.98. The topological polar surface area (TPSA) is 102 Å². The molecule has 1 N–H and O–H groups in total. The average Bonchev–Trinajstić information content (AvgIpc) is 3.68. The minimum atomic E-state index is -0.849. The molecule has 2 aromatic heterocycles. The number of hydrogen-bond donors (Lipinski definition) is 1. The van der Waals surface area contributed by atoms with Crippen LogP contribution in [0.1, 0.15) is 22.0 Å². The lowest BCUT2D eigenvalue weighted by molar-refractivity contribution is -0.132. The van der Waals surface area contributed by atoms with Crippen LogP contribution in [0.3, 0.4) is 0 Å². The summed E-state index contributed by atoms with van der Waals surface area (Å²) in [6.07, 6.45) is 0. The van der Waals surface area contributed by atoms with E-state index in [4.69, 9.17) is 21.1 Å². The third kappa shape index (κ3) is 4.55. The van der Waals surface area contributed by atoms with Crippen molar-refractivity contribution in [3.05, 3.63) is 86.6 Å². The number of amides is 1. The highest BCUT2D eigenvalue weighted by Gasteiger charge is 2.49. The quantitative estimate of drug-likeness (QED) is 0.0978. The number of Topliss-reactive ketones (excluding diaryl/α,β-unsaturated/α-hetero) is 1. The Balaban J connectivity index is 1.36. The highest BCUT2D eigenvalue weighted by atomic mass is 35.5. The number of aliphatic hydroxyl groups is 1. The maximum absolute atomic E-state index is 13.3. The van der Waals surface area contributed by atoms with Gasteiger partial charge in [0.25, 0.3) is 5.78 Å². The number of halogens is 1. The van der Waals surface area contributed by atoms with Crippen LogP contribution in [0.25, 0.3) is 5.76 Å². The predicted octanol–water partition coefficient (Wildman–Crippen LogP) is 5.94. The second kappa shape index (κ2) is 10.4. The molecule has 12 heteroatoms. The maximum Gasteiger partial charge on any atom is 0.301 e. The van der Waals surface area contributed by atoms with Crippen molar-refractivity contribution >= 4 is 68.6 Å². The molecule has 1 fully saturated rings. The second-order valence-electron chi connectivity index (χ2n) is 8.27. The number of hydrogen-bond acceptors (Lipinski definition) is 10. The number of thioether (sulfide) groups is 1. The molecule has 6 rings (SSSR count). The van der Waals surface area contributed by atoms with Gasteiger partial charge in [-0.25, -0.2) is 0 Å². The van der Waals surface area contributed by atoms with Crippen LogP contribution < -0.4 is 14.4 Å². The summed E-state index contributed by atoms with van der Waals surface area (Å²) in [6, 6.07) is 15.3. The number of nitrogens with zero attached hydrogens (tertiary/aromatic N) is 3. The molecule has 38 heavy (non-hydrogen) atoms. The SMILES string of the molecule is O=C1C(=O)N(c2nnc(SCc3ccccc3Cl)s2)C(c2cccs2)/C1=C(\O)c1ccc2c(c1)OCCO2. The number of carbonyl (C=O) groups excluding carboxylic acids is 2. The number of ketones is 1. The van der Waals surface area contributed by atoms with Gasteiger partial charge in [0.2, 0.25) is 5.13 Å². The fraction of sp³-hybridized carbons (Fsp3) is 0.154. The zero-order valence-electron chi connectivity index (χ0n) is 19.5. The molecular formula is C26H18ClN3O5S3. The van der Waals surface area contributed by atoms with Crippen LogP contribution in [0.15, 0.2) is 69.9 Å². The Hall–Kier alpha value is -3.38. The summed E-state index contributed by atoms with van der Waals surface area (Å²) in [7, 11) is 0. The van der Waals surface area contributed by atoms with E-state index in [9.17, 15) is 14.7 Å². The molecule has 1 atom stereocenters.